The SMILES string of the molecule is CC(=O)NC[C@H]1C[C@@H]2CCN1C[C@@H]2c1cc(-c2ccc3ccccc3c2)nn1C. The fourth-order valence-corrected chi connectivity index (χ4v) is 5.27. The molecule has 1 amide bonds. The average Bonchev–Trinajstić information content (AvgIpc) is 3.13. The van der Waals surface area contributed by atoms with E-state index in [2.05, 4.69) is 70.5 Å². The molecule has 3 aliphatic heterocycles. The Balaban J connectivity index is 1.39. The van der Waals surface area contributed by atoms with Gasteiger partial charge in [0.05, 0.1) is 5.69 Å². The maximum atomic E-state index is 11.3. The van der Waals surface area contributed by atoms with Crippen molar-refractivity contribution >= 4 is 16.7 Å². The summed E-state index contributed by atoms with van der Waals surface area (Å²) >= 11 is 0. The Labute approximate surface area is 171 Å². The molecule has 1 N–H and O–H groups in total. The van der Waals surface area contributed by atoms with Gasteiger partial charge in [0.25, 0.3) is 0 Å². The molecule has 29 heavy (non-hydrogen) atoms. The first-order valence-electron chi connectivity index (χ1n) is 10.6. The molecule has 3 fully saturated rings. The Kier molecular flexibility index (Phi) is 4.63. The molecule has 5 nitrogen and oxygen atoms in total. The molecule has 0 saturated carbocycles. The van der Waals surface area contributed by atoms with Crippen molar-refractivity contribution in [3.05, 3.63) is 54.2 Å². The van der Waals surface area contributed by atoms with Crippen LogP contribution >= 0.6 is 0 Å². The summed E-state index contributed by atoms with van der Waals surface area (Å²) in [6.07, 6.45) is 2.39. The summed E-state index contributed by atoms with van der Waals surface area (Å²) in [5, 5.41) is 10.4. The molecule has 0 aliphatic carbocycles. The van der Waals surface area contributed by atoms with Crippen LogP contribution in [0, 0.1) is 5.92 Å². The third-order valence-corrected chi connectivity index (χ3v) is 6.81. The Morgan fingerprint density at radius 2 is 2.00 bits per heavy atom. The van der Waals surface area contributed by atoms with Gasteiger partial charge in [0.15, 0.2) is 0 Å². The van der Waals surface area contributed by atoms with Crippen LogP contribution in [0.2, 0.25) is 0 Å². The lowest BCUT2D eigenvalue weighted by Crippen LogP contribution is -2.56. The van der Waals surface area contributed by atoms with E-state index in [9.17, 15) is 4.79 Å². The maximum absolute atomic E-state index is 11.3. The minimum Gasteiger partial charge on any atom is -0.355 e. The molecule has 4 atom stereocenters. The Hall–Kier alpha value is -2.66. The lowest BCUT2D eigenvalue weighted by atomic mass is 9.74. The van der Waals surface area contributed by atoms with E-state index in [1.54, 1.807) is 6.92 Å². The monoisotopic (exact) mass is 388 g/mol. The van der Waals surface area contributed by atoms with Gasteiger partial charge in [0.2, 0.25) is 5.91 Å². The van der Waals surface area contributed by atoms with Crippen LogP contribution in [0.5, 0.6) is 0 Å². The molecule has 4 heterocycles. The molecule has 2 aromatic carbocycles. The number of carbonyl (C=O) groups is 1. The normalized spacial score (nSPS) is 26.0. The summed E-state index contributed by atoms with van der Waals surface area (Å²) in [5.74, 6) is 1.25. The van der Waals surface area contributed by atoms with Crippen molar-refractivity contribution in [3.8, 4) is 11.3 Å². The number of aryl methyl sites for hydroxylation is 1. The van der Waals surface area contributed by atoms with Gasteiger partial charge in [-0.15, -0.1) is 0 Å². The zero-order valence-electron chi connectivity index (χ0n) is 17.1. The quantitative estimate of drug-likeness (QED) is 0.744. The van der Waals surface area contributed by atoms with Gasteiger partial charge in [-0.1, -0.05) is 36.4 Å². The number of fused-ring (bicyclic) bond motifs is 4. The second kappa shape index (κ2) is 7.30. The van der Waals surface area contributed by atoms with E-state index in [-0.39, 0.29) is 5.91 Å². The Bertz CT molecular complexity index is 1060. The second-order valence-electron chi connectivity index (χ2n) is 8.62. The van der Waals surface area contributed by atoms with Crippen molar-refractivity contribution in [1.82, 2.24) is 20.0 Å². The molecule has 1 unspecified atom stereocenters. The number of aromatic nitrogens is 2. The highest BCUT2D eigenvalue weighted by Gasteiger charge is 2.41. The number of hydrogen-bond acceptors (Lipinski definition) is 3. The van der Waals surface area contributed by atoms with Crippen molar-refractivity contribution < 1.29 is 4.79 Å². The Morgan fingerprint density at radius 3 is 2.76 bits per heavy atom. The van der Waals surface area contributed by atoms with Crippen LogP contribution in [0.3, 0.4) is 0 Å². The van der Waals surface area contributed by atoms with Crippen LogP contribution in [0.15, 0.2) is 48.5 Å². The average molecular weight is 389 g/mol. The molecular weight excluding hydrogens is 360 g/mol. The van der Waals surface area contributed by atoms with Gasteiger partial charge in [0.1, 0.15) is 0 Å². The molecule has 150 valence electrons. The van der Waals surface area contributed by atoms with Gasteiger partial charge >= 0.3 is 0 Å². The molecule has 0 spiro atoms. The fourth-order valence-electron chi connectivity index (χ4n) is 5.27. The minimum atomic E-state index is 0.0656. The van der Waals surface area contributed by atoms with E-state index in [1.165, 1.54) is 28.5 Å². The van der Waals surface area contributed by atoms with Crippen LogP contribution < -0.4 is 5.32 Å². The van der Waals surface area contributed by atoms with Crippen molar-refractivity contribution in [2.75, 3.05) is 19.6 Å². The minimum absolute atomic E-state index is 0.0656. The molecule has 0 radical (unpaired) electrons. The first-order chi connectivity index (χ1) is 14.1. The van der Waals surface area contributed by atoms with Gasteiger partial charge in [-0.3, -0.25) is 14.4 Å². The second-order valence-corrected chi connectivity index (χ2v) is 8.62. The van der Waals surface area contributed by atoms with Crippen LogP contribution in [-0.2, 0) is 11.8 Å². The van der Waals surface area contributed by atoms with Gasteiger partial charge in [0, 0.05) is 50.3 Å². The third-order valence-electron chi connectivity index (χ3n) is 6.81. The van der Waals surface area contributed by atoms with Crippen molar-refractivity contribution in [2.24, 2.45) is 13.0 Å². The molecule has 2 bridgehead atoms. The zero-order chi connectivity index (χ0) is 20.0. The molecule has 3 aliphatic rings. The largest absolute Gasteiger partial charge is 0.355 e. The van der Waals surface area contributed by atoms with Gasteiger partial charge in [-0.2, -0.15) is 5.10 Å². The van der Waals surface area contributed by atoms with Crippen molar-refractivity contribution in [3.63, 3.8) is 0 Å². The topological polar surface area (TPSA) is 50.2 Å². The summed E-state index contributed by atoms with van der Waals surface area (Å²) in [7, 11) is 2.08. The number of hydrogen-bond donors (Lipinski definition) is 1. The van der Waals surface area contributed by atoms with E-state index in [0.29, 0.717) is 17.9 Å². The molecule has 3 saturated heterocycles. The summed E-state index contributed by atoms with van der Waals surface area (Å²) in [6, 6.07) is 17.8. The fraction of sp³-hybridized carbons (Fsp3) is 0.417. The lowest BCUT2D eigenvalue weighted by Gasteiger charge is -2.49. The number of benzene rings is 2. The third kappa shape index (κ3) is 3.44. The van der Waals surface area contributed by atoms with Gasteiger partial charge < -0.3 is 5.32 Å². The zero-order valence-corrected chi connectivity index (χ0v) is 17.1. The number of nitrogens with zero attached hydrogens (tertiary/aromatic N) is 3. The molecular formula is C24H28N4O. The summed E-state index contributed by atoms with van der Waals surface area (Å²) in [4.78, 5) is 13.9. The van der Waals surface area contributed by atoms with Gasteiger partial charge in [-0.25, -0.2) is 0 Å². The molecule has 6 rings (SSSR count). The van der Waals surface area contributed by atoms with Crippen LogP contribution in [0.4, 0.5) is 0 Å². The number of rotatable bonds is 4. The van der Waals surface area contributed by atoms with Gasteiger partial charge in [-0.05, 0) is 48.2 Å². The number of piperidine rings is 3. The van der Waals surface area contributed by atoms with E-state index >= 15 is 0 Å². The van der Waals surface area contributed by atoms with Crippen LogP contribution in [0.1, 0.15) is 31.4 Å². The van der Waals surface area contributed by atoms with E-state index in [0.717, 1.165) is 31.7 Å². The Morgan fingerprint density at radius 1 is 1.17 bits per heavy atom. The molecule has 3 aromatic rings. The molecule has 5 heteroatoms. The predicted molar refractivity (Wildman–Crippen MR) is 116 cm³/mol. The van der Waals surface area contributed by atoms with E-state index < -0.39 is 0 Å². The van der Waals surface area contributed by atoms with Crippen LogP contribution in [0.25, 0.3) is 22.0 Å². The smallest absolute Gasteiger partial charge is 0.216 e. The highest BCUT2D eigenvalue weighted by atomic mass is 16.1. The van der Waals surface area contributed by atoms with E-state index in [1.807, 2.05) is 0 Å². The maximum Gasteiger partial charge on any atom is 0.216 e. The lowest BCUT2D eigenvalue weighted by molar-refractivity contribution is -0.119. The number of amides is 1. The van der Waals surface area contributed by atoms with Crippen molar-refractivity contribution in [1.29, 1.82) is 0 Å². The summed E-state index contributed by atoms with van der Waals surface area (Å²) < 4.78 is 2.08. The number of nitrogens with one attached hydrogen (secondary N) is 1. The first kappa shape index (κ1) is 18.4. The predicted octanol–water partition coefficient (Wildman–Crippen LogP) is 3.55. The standard InChI is InChI=1S/C24H28N4O/c1-16(29)25-14-21-12-19-9-10-28(21)15-22(19)24-13-23(26-27(24)2)20-8-7-17-5-3-4-6-18(17)11-20/h3-8,11,13,19,21-22H,9-10,12,14-15H2,1-2H3,(H,25,29)/t19-,21+,22-/m0/s1. The van der Waals surface area contributed by atoms with E-state index in [4.69, 9.17) is 5.10 Å². The highest BCUT2D eigenvalue weighted by molar-refractivity contribution is 5.86. The van der Waals surface area contributed by atoms with Crippen molar-refractivity contribution in [2.45, 2.75) is 31.7 Å². The summed E-state index contributed by atoms with van der Waals surface area (Å²) in [5.41, 5.74) is 3.57. The van der Waals surface area contributed by atoms with Crippen LogP contribution in [-0.4, -0.2) is 46.3 Å². The first-order valence-corrected chi connectivity index (χ1v) is 10.6. The summed E-state index contributed by atoms with van der Waals surface area (Å²) in [6.45, 7) is 4.57. The number of carbonyl (C=O) groups excluding carboxylic acids is 1. The molecule has 1 aromatic heterocycles. The highest BCUT2D eigenvalue weighted by Crippen LogP contribution is 2.42.